The van der Waals surface area contributed by atoms with Crippen LogP contribution in [0.5, 0.6) is 0 Å². The summed E-state index contributed by atoms with van der Waals surface area (Å²) in [6, 6.07) is 15.8. The van der Waals surface area contributed by atoms with Crippen molar-refractivity contribution < 1.29 is 9.90 Å². The third kappa shape index (κ3) is 4.91. The molecule has 28 heavy (non-hydrogen) atoms. The van der Waals surface area contributed by atoms with Crippen LogP contribution in [0.15, 0.2) is 48.5 Å². The summed E-state index contributed by atoms with van der Waals surface area (Å²) in [4.78, 5) is 16.6. The molecule has 1 aliphatic heterocycles. The molecular weight excluding hydrogens is 350 g/mol. The first-order chi connectivity index (χ1) is 13.4. The van der Waals surface area contributed by atoms with Gasteiger partial charge in [-0.05, 0) is 49.6 Å². The number of nitrogens with zero attached hydrogens (tertiary/aromatic N) is 2. The number of nitrogens with one attached hydrogen (secondary N) is 1. The van der Waals surface area contributed by atoms with E-state index in [1.54, 1.807) is 0 Å². The van der Waals surface area contributed by atoms with Gasteiger partial charge in [-0.15, -0.1) is 0 Å². The second-order valence-corrected chi connectivity index (χ2v) is 7.94. The van der Waals surface area contributed by atoms with Gasteiger partial charge in [-0.2, -0.15) is 0 Å². The molecule has 1 aliphatic rings. The number of hydrogen-bond donors (Lipinski definition) is 2. The van der Waals surface area contributed by atoms with Crippen molar-refractivity contribution in [2.75, 3.05) is 45.2 Å². The molecule has 0 radical (unpaired) electrons. The highest BCUT2D eigenvalue weighted by Crippen LogP contribution is 2.32. The Morgan fingerprint density at radius 2 is 1.68 bits per heavy atom. The Labute approximate surface area is 168 Å². The van der Waals surface area contributed by atoms with Gasteiger partial charge >= 0.3 is 0 Å². The van der Waals surface area contributed by atoms with Crippen molar-refractivity contribution >= 4 is 11.6 Å². The zero-order valence-corrected chi connectivity index (χ0v) is 17.1. The van der Waals surface area contributed by atoms with Crippen LogP contribution < -0.4 is 10.2 Å². The number of anilines is 1. The van der Waals surface area contributed by atoms with E-state index >= 15 is 0 Å². The molecule has 1 saturated heterocycles. The maximum absolute atomic E-state index is 12.3. The van der Waals surface area contributed by atoms with Gasteiger partial charge in [-0.25, -0.2) is 0 Å². The average molecular weight is 382 g/mol. The van der Waals surface area contributed by atoms with Crippen molar-refractivity contribution in [2.24, 2.45) is 0 Å². The summed E-state index contributed by atoms with van der Waals surface area (Å²) in [7, 11) is 3.96. The summed E-state index contributed by atoms with van der Waals surface area (Å²) < 4.78 is 0. The molecule has 3 rings (SSSR count). The number of carbonyl (C=O) groups excluding carboxylic acids is 1. The molecule has 0 atom stereocenters. The fourth-order valence-electron chi connectivity index (χ4n) is 3.64. The highest BCUT2D eigenvalue weighted by molar-refractivity contribution is 5.94. The van der Waals surface area contributed by atoms with Crippen LogP contribution >= 0.6 is 0 Å². The highest BCUT2D eigenvalue weighted by Gasteiger charge is 2.33. The van der Waals surface area contributed by atoms with E-state index in [4.69, 9.17) is 0 Å². The molecule has 0 spiro atoms. The first kappa shape index (κ1) is 20.4. The monoisotopic (exact) mass is 381 g/mol. The van der Waals surface area contributed by atoms with Gasteiger partial charge in [0.05, 0.1) is 5.60 Å². The molecule has 150 valence electrons. The van der Waals surface area contributed by atoms with E-state index in [1.165, 1.54) is 5.56 Å². The van der Waals surface area contributed by atoms with Crippen LogP contribution in [-0.2, 0) is 5.60 Å². The van der Waals surface area contributed by atoms with E-state index in [-0.39, 0.29) is 5.91 Å². The van der Waals surface area contributed by atoms with Crippen molar-refractivity contribution in [3.05, 3.63) is 65.2 Å². The fourth-order valence-corrected chi connectivity index (χ4v) is 3.64. The fraction of sp³-hybridized carbons (Fsp3) is 0.435. The molecule has 1 amide bonds. The van der Waals surface area contributed by atoms with Gasteiger partial charge in [0.2, 0.25) is 0 Å². The molecule has 2 N–H and O–H groups in total. The van der Waals surface area contributed by atoms with Crippen LogP contribution in [0.4, 0.5) is 5.69 Å². The van der Waals surface area contributed by atoms with Crippen LogP contribution in [0.2, 0.25) is 0 Å². The Morgan fingerprint density at radius 3 is 2.25 bits per heavy atom. The SMILES string of the molecule is Cc1ccc(C2(O)CCN(CCNC(=O)c3ccc(N(C)C)cc3)CC2)cc1. The number of amides is 1. The summed E-state index contributed by atoms with van der Waals surface area (Å²) in [5.74, 6) is -0.0431. The van der Waals surface area contributed by atoms with E-state index < -0.39 is 5.60 Å². The largest absolute Gasteiger partial charge is 0.385 e. The first-order valence-electron chi connectivity index (χ1n) is 9.95. The van der Waals surface area contributed by atoms with Crippen LogP contribution in [-0.4, -0.2) is 56.2 Å². The Kier molecular flexibility index (Phi) is 6.37. The van der Waals surface area contributed by atoms with E-state index in [1.807, 2.05) is 55.4 Å². The second-order valence-electron chi connectivity index (χ2n) is 7.94. The molecule has 0 bridgehead atoms. The predicted octanol–water partition coefficient (Wildman–Crippen LogP) is 2.77. The predicted molar refractivity (Wildman–Crippen MR) is 114 cm³/mol. The molecule has 5 nitrogen and oxygen atoms in total. The minimum absolute atomic E-state index is 0.0431. The lowest BCUT2D eigenvalue weighted by molar-refractivity contribution is -0.0255. The molecule has 0 aromatic heterocycles. The molecule has 1 heterocycles. The van der Waals surface area contributed by atoms with Crippen molar-refractivity contribution in [2.45, 2.75) is 25.4 Å². The van der Waals surface area contributed by atoms with Gasteiger partial charge in [0.1, 0.15) is 0 Å². The maximum atomic E-state index is 12.3. The first-order valence-corrected chi connectivity index (χ1v) is 9.95. The normalized spacial score (nSPS) is 16.6. The Hall–Kier alpha value is -2.37. The minimum atomic E-state index is -0.734. The standard InChI is InChI=1S/C23H31N3O2/c1-18-4-8-20(9-5-18)23(28)12-15-26(16-13-23)17-14-24-22(27)19-6-10-21(11-7-19)25(2)3/h4-11,28H,12-17H2,1-3H3,(H,24,27). The Morgan fingerprint density at radius 1 is 1.07 bits per heavy atom. The summed E-state index contributed by atoms with van der Waals surface area (Å²) in [6.45, 7) is 5.12. The molecule has 1 fully saturated rings. The van der Waals surface area contributed by atoms with Crippen molar-refractivity contribution in [1.29, 1.82) is 0 Å². The zero-order chi connectivity index (χ0) is 20.1. The number of hydrogen-bond acceptors (Lipinski definition) is 4. The maximum Gasteiger partial charge on any atom is 0.251 e. The van der Waals surface area contributed by atoms with E-state index in [9.17, 15) is 9.90 Å². The quantitative estimate of drug-likeness (QED) is 0.808. The zero-order valence-electron chi connectivity index (χ0n) is 17.1. The van der Waals surface area contributed by atoms with E-state index in [2.05, 4.69) is 29.3 Å². The number of benzene rings is 2. The number of carbonyl (C=O) groups is 1. The smallest absolute Gasteiger partial charge is 0.251 e. The van der Waals surface area contributed by atoms with Crippen LogP contribution in [0.1, 0.15) is 34.3 Å². The van der Waals surface area contributed by atoms with Gasteiger partial charge < -0.3 is 20.2 Å². The summed E-state index contributed by atoms with van der Waals surface area (Å²) in [5, 5.41) is 14.0. The molecule has 0 aliphatic carbocycles. The van der Waals surface area contributed by atoms with Crippen molar-refractivity contribution in [1.82, 2.24) is 10.2 Å². The molecular formula is C23H31N3O2. The third-order valence-electron chi connectivity index (χ3n) is 5.63. The lowest BCUT2D eigenvalue weighted by Crippen LogP contribution is -2.45. The van der Waals surface area contributed by atoms with Gasteiger partial charge in [0.15, 0.2) is 0 Å². The number of piperidine rings is 1. The van der Waals surface area contributed by atoms with Gasteiger partial charge in [-0.3, -0.25) is 4.79 Å². The van der Waals surface area contributed by atoms with Crippen LogP contribution in [0, 0.1) is 6.92 Å². The Bertz CT molecular complexity index is 776. The second kappa shape index (κ2) is 8.76. The van der Waals surface area contributed by atoms with Gasteiger partial charge in [0.25, 0.3) is 5.91 Å². The Balaban J connectivity index is 1.44. The van der Waals surface area contributed by atoms with Crippen LogP contribution in [0.3, 0.4) is 0 Å². The lowest BCUT2D eigenvalue weighted by Gasteiger charge is -2.38. The van der Waals surface area contributed by atoms with Gasteiger partial charge in [0, 0.05) is 51.5 Å². The highest BCUT2D eigenvalue weighted by atomic mass is 16.3. The van der Waals surface area contributed by atoms with Crippen molar-refractivity contribution in [3.63, 3.8) is 0 Å². The van der Waals surface area contributed by atoms with E-state index in [0.717, 1.165) is 43.7 Å². The molecule has 0 saturated carbocycles. The molecule has 5 heteroatoms. The third-order valence-corrected chi connectivity index (χ3v) is 5.63. The lowest BCUT2D eigenvalue weighted by atomic mass is 9.84. The molecule has 0 unspecified atom stereocenters. The number of likely N-dealkylation sites (tertiary alicyclic amines) is 1. The number of rotatable bonds is 6. The van der Waals surface area contributed by atoms with E-state index in [0.29, 0.717) is 12.1 Å². The summed E-state index contributed by atoms with van der Waals surface area (Å²) in [5.41, 5.74) is 3.23. The average Bonchev–Trinajstić information content (AvgIpc) is 2.70. The van der Waals surface area contributed by atoms with Gasteiger partial charge in [-0.1, -0.05) is 29.8 Å². The molecule has 2 aromatic rings. The minimum Gasteiger partial charge on any atom is -0.385 e. The topological polar surface area (TPSA) is 55.8 Å². The summed E-state index contributed by atoms with van der Waals surface area (Å²) >= 11 is 0. The van der Waals surface area contributed by atoms with Crippen molar-refractivity contribution in [3.8, 4) is 0 Å². The summed E-state index contributed by atoms with van der Waals surface area (Å²) in [6.07, 6.45) is 1.44. The molecule has 2 aromatic carbocycles. The number of aryl methyl sites for hydroxylation is 1. The number of aliphatic hydroxyl groups is 1. The van der Waals surface area contributed by atoms with Crippen LogP contribution in [0.25, 0.3) is 0 Å².